The summed E-state index contributed by atoms with van der Waals surface area (Å²) in [6.07, 6.45) is 1.21. The number of aromatic nitrogens is 1. The summed E-state index contributed by atoms with van der Waals surface area (Å²) in [6, 6.07) is 5.21. The van der Waals surface area contributed by atoms with Crippen LogP contribution in [0, 0.1) is 6.57 Å². The van der Waals surface area contributed by atoms with E-state index in [1.807, 2.05) is 26.8 Å². The third kappa shape index (κ3) is 2.79. The number of rotatable bonds is 0. The van der Waals surface area contributed by atoms with Crippen LogP contribution in [0.1, 0.15) is 20.8 Å². The zero-order valence-electron chi connectivity index (χ0n) is 10.9. The van der Waals surface area contributed by atoms with E-state index < -0.39 is 11.7 Å². The molecule has 0 radical (unpaired) electrons. The molecule has 0 fully saturated rings. The second-order valence-corrected chi connectivity index (χ2v) is 5.99. The molecule has 5 heteroatoms. The average Bonchev–Trinajstić information content (AvgIpc) is 2.64. The minimum atomic E-state index is -0.558. The molecule has 1 aromatic carbocycles. The highest BCUT2D eigenvalue weighted by Gasteiger charge is 2.20. The zero-order valence-corrected chi connectivity index (χ0v) is 12.5. The van der Waals surface area contributed by atoms with Gasteiger partial charge in [-0.2, -0.15) is 0 Å². The quantitative estimate of drug-likeness (QED) is 0.657. The van der Waals surface area contributed by atoms with Crippen molar-refractivity contribution in [2.75, 3.05) is 0 Å². The van der Waals surface area contributed by atoms with Crippen LogP contribution in [0.5, 0.6) is 0 Å². The predicted octanol–water partition coefficient (Wildman–Crippen LogP) is 4.74. The standard InChI is InChI=1S/C14H13BrN2O2/c1-14(2,3)19-13(18)17-8-11(15)10-6-5-9(16-4)7-12(10)17/h5-8H,1-3H3. The lowest BCUT2D eigenvalue weighted by Gasteiger charge is -2.19. The van der Waals surface area contributed by atoms with Crippen LogP contribution in [0.4, 0.5) is 10.5 Å². The molecule has 19 heavy (non-hydrogen) atoms. The van der Waals surface area contributed by atoms with E-state index in [-0.39, 0.29) is 0 Å². The van der Waals surface area contributed by atoms with Gasteiger partial charge in [0, 0.05) is 21.6 Å². The molecule has 2 aromatic rings. The Morgan fingerprint density at radius 1 is 1.42 bits per heavy atom. The maximum Gasteiger partial charge on any atom is 0.418 e. The van der Waals surface area contributed by atoms with E-state index in [1.54, 1.807) is 18.3 Å². The zero-order chi connectivity index (χ0) is 14.2. The lowest BCUT2D eigenvalue weighted by Crippen LogP contribution is -2.26. The summed E-state index contributed by atoms with van der Waals surface area (Å²) >= 11 is 3.41. The predicted molar refractivity (Wildman–Crippen MR) is 77.5 cm³/mol. The third-order valence-corrected chi connectivity index (χ3v) is 3.09. The summed E-state index contributed by atoms with van der Waals surface area (Å²) in [6.45, 7) is 12.5. The highest BCUT2D eigenvalue weighted by atomic mass is 79.9. The van der Waals surface area contributed by atoms with E-state index in [9.17, 15) is 4.79 Å². The lowest BCUT2D eigenvalue weighted by atomic mass is 10.2. The average molecular weight is 321 g/mol. The minimum absolute atomic E-state index is 0.453. The number of hydrogen-bond acceptors (Lipinski definition) is 2. The highest BCUT2D eigenvalue weighted by molar-refractivity contribution is 9.10. The Balaban J connectivity index is 2.55. The molecule has 1 aromatic heterocycles. The van der Waals surface area contributed by atoms with E-state index in [4.69, 9.17) is 11.3 Å². The molecule has 0 bridgehead atoms. The van der Waals surface area contributed by atoms with Gasteiger partial charge in [-0.1, -0.05) is 12.1 Å². The Morgan fingerprint density at radius 3 is 2.68 bits per heavy atom. The number of hydrogen-bond donors (Lipinski definition) is 0. The SMILES string of the molecule is [C-]#[N+]c1ccc2c(Br)cn(C(=O)OC(C)(C)C)c2c1. The van der Waals surface area contributed by atoms with Crippen LogP contribution in [-0.4, -0.2) is 16.3 Å². The van der Waals surface area contributed by atoms with Crippen molar-refractivity contribution in [3.8, 4) is 0 Å². The number of halogens is 1. The molecule has 0 saturated carbocycles. The fourth-order valence-electron chi connectivity index (χ4n) is 1.71. The first-order valence-corrected chi connectivity index (χ1v) is 6.52. The first-order valence-electron chi connectivity index (χ1n) is 5.73. The van der Waals surface area contributed by atoms with Crippen molar-refractivity contribution in [1.82, 2.24) is 4.57 Å². The van der Waals surface area contributed by atoms with Gasteiger partial charge in [0.15, 0.2) is 5.69 Å². The number of carbonyl (C=O) groups excluding carboxylic acids is 1. The smallest absolute Gasteiger partial charge is 0.418 e. The fourth-order valence-corrected chi connectivity index (χ4v) is 2.25. The van der Waals surface area contributed by atoms with Gasteiger partial charge in [0.05, 0.1) is 6.57 Å². The molecule has 0 aliphatic rings. The Morgan fingerprint density at radius 2 is 2.11 bits per heavy atom. The van der Waals surface area contributed by atoms with Crippen molar-refractivity contribution in [2.24, 2.45) is 0 Å². The summed E-state index contributed by atoms with van der Waals surface area (Å²) in [7, 11) is 0. The summed E-state index contributed by atoms with van der Waals surface area (Å²) < 4.78 is 7.56. The Bertz CT molecular complexity index is 690. The summed E-state index contributed by atoms with van der Waals surface area (Å²) in [5.41, 5.74) is 0.593. The van der Waals surface area contributed by atoms with Crippen molar-refractivity contribution < 1.29 is 9.53 Å². The summed E-state index contributed by atoms with van der Waals surface area (Å²) in [4.78, 5) is 15.5. The van der Waals surface area contributed by atoms with Gasteiger partial charge in [-0.05, 0) is 42.8 Å². The van der Waals surface area contributed by atoms with Crippen LogP contribution in [0.3, 0.4) is 0 Å². The van der Waals surface area contributed by atoms with Gasteiger partial charge >= 0.3 is 6.09 Å². The van der Waals surface area contributed by atoms with Gasteiger partial charge in [-0.15, -0.1) is 0 Å². The van der Waals surface area contributed by atoms with Crippen LogP contribution >= 0.6 is 15.9 Å². The molecule has 0 spiro atoms. The molecule has 0 N–H and O–H groups in total. The van der Waals surface area contributed by atoms with Crippen molar-refractivity contribution in [1.29, 1.82) is 0 Å². The van der Waals surface area contributed by atoms with Crippen molar-refractivity contribution in [3.63, 3.8) is 0 Å². The topological polar surface area (TPSA) is 35.6 Å². The number of fused-ring (bicyclic) bond motifs is 1. The molecule has 2 rings (SSSR count). The molecule has 1 heterocycles. The van der Waals surface area contributed by atoms with E-state index in [0.29, 0.717) is 11.2 Å². The second kappa shape index (κ2) is 4.71. The Labute approximate surface area is 119 Å². The second-order valence-electron chi connectivity index (χ2n) is 5.14. The molecule has 98 valence electrons. The molecule has 4 nitrogen and oxygen atoms in total. The lowest BCUT2D eigenvalue weighted by molar-refractivity contribution is 0.0544. The summed E-state index contributed by atoms with van der Waals surface area (Å²) in [5.74, 6) is 0. The minimum Gasteiger partial charge on any atom is -0.443 e. The number of ether oxygens (including phenoxy) is 1. The molecule has 0 amide bonds. The van der Waals surface area contributed by atoms with E-state index in [0.717, 1.165) is 9.86 Å². The Hall–Kier alpha value is -1.80. The molecular formula is C14H13BrN2O2. The summed E-state index contributed by atoms with van der Waals surface area (Å²) in [5, 5.41) is 0.873. The van der Waals surface area contributed by atoms with E-state index in [1.165, 1.54) is 4.57 Å². The van der Waals surface area contributed by atoms with E-state index in [2.05, 4.69) is 20.8 Å². The van der Waals surface area contributed by atoms with Gasteiger partial charge in [-0.25, -0.2) is 9.64 Å². The van der Waals surface area contributed by atoms with Crippen LogP contribution < -0.4 is 0 Å². The molecule has 0 unspecified atom stereocenters. The van der Waals surface area contributed by atoms with Gasteiger partial charge in [-0.3, -0.25) is 4.57 Å². The monoisotopic (exact) mass is 320 g/mol. The normalized spacial score (nSPS) is 11.3. The first-order chi connectivity index (χ1) is 8.81. The van der Waals surface area contributed by atoms with Gasteiger partial charge < -0.3 is 4.74 Å². The largest absolute Gasteiger partial charge is 0.443 e. The van der Waals surface area contributed by atoms with E-state index >= 15 is 0 Å². The van der Waals surface area contributed by atoms with Crippen LogP contribution in [0.2, 0.25) is 0 Å². The van der Waals surface area contributed by atoms with Crippen molar-refractivity contribution >= 4 is 38.6 Å². The maximum absolute atomic E-state index is 12.1. The fraction of sp³-hybridized carbons (Fsp3) is 0.286. The number of carbonyl (C=O) groups is 1. The molecular weight excluding hydrogens is 308 g/mol. The third-order valence-electron chi connectivity index (χ3n) is 2.46. The van der Waals surface area contributed by atoms with Crippen LogP contribution in [0.15, 0.2) is 28.9 Å². The van der Waals surface area contributed by atoms with Gasteiger partial charge in [0.25, 0.3) is 0 Å². The van der Waals surface area contributed by atoms with Crippen LogP contribution in [-0.2, 0) is 4.74 Å². The van der Waals surface area contributed by atoms with Crippen LogP contribution in [0.25, 0.3) is 15.7 Å². The maximum atomic E-state index is 12.1. The van der Waals surface area contributed by atoms with Gasteiger partial charge in [0.1, 0.15) is 5.60 Å². The number of nitrogens with zero attached hydrogens (tertiary/aromatic N) is 2. The molecule has 0 aliphatic heterocycles. The van der Waals surface area contributed by atoms with Gasteiger partial charge in [0.2, 0.25) is 0 Å². The highest BCUT2D eigenvalue weighted by Crippen LogP contribution is 2.30. The van der Waals surface area contributed by atoms with Crippen molar-refractivity contribution in [2.45, 2.75) is 26.4 Å². The Kier molecular flexibility index (Phi) is 3.38. The molecule has 0 atom stereocenters. The molecule has 0 aliphatic carbocycles. The molecule has 0 saturated heterocycles. The van der Waals surface area contributed by atoms with Crippen molar-refractivity contribution in [3.05, 3.63) is 40.3 Å². The number of benzene rings is 1. The first kappa shape index (κ1) is 13.6.